The Kier molecular flexibility index (Phi) is 4.44. The molecule has 1 aliphatic carbocycles. The summed E-state index contributed by atoms with van der Waals surface area (Å²) in [5, 5.41) is 6.44. The molecule has 0 unspecified atom stereocenters. The summed E-state index contributed by atoms with van der Waals surface area (Å²) in [5.74, 6) is -0.630. The third kappa shape index (κ3) is 3.13. The molecule has 0 saturated heterocycles. The fraction of sp³-hybridized carbons (Fsp3) is 0.316. The van der Waals surface area contributed by atoms with E-state index in [4.69, 9.17) is 0 Å². The van der Waals surface area contributed by atoms with Gasteiger partial charge in [0.2, 0.25) is 5.91 Å². The molecule has 2 aromatic carbocycles. The van der Waals surface area contributed by atoms with Crippen LogP contribution < -0.4 is 10.6 Å². The lowest BCUT2D eigenvalue weighted by molar-refractivity contribution is -0.123. The van der Waals surface area contributed by atoms with Crippen molar-refractivity contribution in [2.75, 3.05) is 7.05 Å². The van der Waals surface area contributed by atoms with Crippen LogP contribution in [-0.2, 0) is 11.2 Å². The van der Waals surface area contributed by atoms with Gasteiger partial charge in [0.1, 0.15) is 5.82 Å². The highest BCUT2D eigenvalue weighted by atomic mass is 19.1. The Balaban J connectivity index is 1.72. The third-order valence-corrected chi connectivity index (χ3v) is 4.63. The average molecular weight is 312 g/mol. The number of hydrogen-bond acceptors (Lipinski definition) is 2. The summed E-state index contributed by atoms with van der Waals surface area (Å²) in [7, 11) is 1.91. The van der Waals surface area contributed by atoms with E-state index in [-0.39, 0.29) is 29.7 Å². The molecule has 0 bridgehead atoms. The zero-order chi connectivity index (χ0) is 16.4. The Morgan fingerprint density at radius 2 is 1.87 bits per heavy atom. The first kappa shape index (κ1) is 15.7. The fourth-order valence-electron chi connectivity index (χ4n) is 3.30. The molecule has 0 saturated carbocycles. The van der Waals surface area contributed by atoms with E-state index >= 15 is 0 Å². The second-order valence-electron chi connectivity index (χ2n) is 6.06. The number of halogens is 1. The van der Waals surface area contributed by atoms with Crippen LogP contribution in [-0.4, -0.2) is 19.0 Å². The van der Waals surface area contributed by atoms with Gasteiger partial charge in [-0.25, -0.2) is 4.39 Å². The average Bonchev–Trinajstić information content (AvgIpc) is 2.91. The number of hydrogen-bond donors (Lipinski definition) is 2. The van der Waals surface area contributed by atoms with E-state index in [0.29, 0.717) is 0 Å². The van der Waals surface area contributed by atoms with Gasteiger partial charge >= 0.3 is 0 Å². The second kappa shape index (κ2) is 6.50. The van der Waals surface area contributed by atoms with Crippen LogP contribution in [0.4, 0.5) is 4.39 Å². The Labute approximate surface area is 135 Å². The van der Waals surface area contributed by atoms with E-state index in [9.17, 15) is 9.18 Å². The van der Waals surface area contributed by atoms with Crippen LogP contribution >= 0.6 is 0 Å². The van der Waals surface area contributed by atoms with E-state index in [1.54, 1.807) is 12.1 Å². The highest BCUT2D eigenvalue weighted by Crippen LogP contribution is 2.31. The maximum Gasteiger partial charge on any atom is 0.227 e. The quantitative estimate of drug-likeness (QED) is 0.911. The van der Waals surface area contributed by atoms with Crippen molar-refractivity contribution in [2.45, 2.75) is 31.3 Å². The van der Waals surface area contributed by atoms with E-state index in [1.807, 2.05) is 26.1 Å². The van der Waals surface area contributed by atoms with Crippen LogP contribution in [0.15, 0.2) is 48.5 Å². The number of benzene rings is 2. The van der Waals surface area contributed by atoms with Crippen molar-refractivity contribution in [3.8, 4) is 0 Å². The number of amides is 1. The normalized spacial score (nSPS) is 20.8. The maximum absolute atomic E-state index is 13.0. The molecular weight excluding hydrogens is 291 g/mol. The van der Waals surface area contributed by atoms with Gasteiger partial charge in [-0.2, -0.15) is 0 Å². The molecule has 3 nitrogen and oxygen atoms in total. The topological polar surface area (TPSA) is 41.1 Å². The summed E-state index contributed by atoms with van der Waals surface area (Å²) in [6.45, 7) is 1.85. The van der Waals surface area contributed by atoms with Gasteiger partial charge in [0, 0.05) is 0 Å². The fourth-order valence-corrected chi connectivity index (χ4v) is 3.30. The molecule has 2 aromatic rings. The Morgan fingerprint density at radius 3 is 2.57 bits per heavy atom. The van der Waals surface area contributed by atoms with Crippen molar-refractivity contribution in [1.82, 2.24) is 10.6 Å². The van der Waals surface area contributed by atoms with Crippen molar-refractivity contribution in [2.24, 2.45) is 0 Å². The molecule has 0 spiro atoms. The molecule has 0 heterocycles. The number of fused-ring (bicyclic) bond motifs is 1. The summed E-state index contributed by atoms with van der Waals surface area (Å²) in [6, 6.07) is 14.5. The van der Waals surface area contributed by atoms with Gasteiger partial charge in [-0.1, -0.05) is 36.4 Å². The Bertz CT molecular complexity index is 699. The van der Waals surface area contributed by atoms with E-state index in [0.717, 1.165) is 12.0 Å². The van der Waals surface area contributed by atoms with Gasteiger partial charge in [-0.3, -0.25) is 4.79 Å². The molecule has 0 fully saturated rings. The van der Waals surface area contributed by atoms with Crippen molar-refractivity contribution < 1.29 is 9.18 Å². The lowest BCUT2D eigenvalue weighted by atomic mass is 9.99. The second-order valence-corrected chi connectivity index (χ2v) is 6.06. The molecule has 2 N–H and O–H groups in total. The number of rotatable bonds is 4. The van der Waals surface area contributed by atoms with Gasteiger partial charge in [-0.15, -0.1) is 0 Å². The minimum atomic E-state index is -0.309. The van der Waals surface area contributed by atoms with Gasteiger partial charge in [-0.05, 0) is 49.2 Å². The summed E-state index contributed by atoms with van der Waals surface area (Å²) in [6.07, 6.45) is 0.823. The zero-order valence-corrected chi connectivity index (χ0v) is 13.3. The highest BCUT2D eigenvalue weighted by molar-refractivity contribution is 5.83. The Hall–Kier alpha value is -2.20. The molecule has 120 valence electrons. The molecule has 0 aromatic heterocycles. The van der Waals surface area contributed by atoms with Crippen molar-refractivity contribution in [3.05, 3.63) is 71.0 Å². The predicted molar refractivity (Wildman–Crippen MR) is 88.7 cm³/mol. The van der Waals surface area contributed by atoms with E-state index < -0.39 is 0 Å². The van der Waals surface area contributed by atoms with Gasteiger partial charge < -0.3 is 10.6 Å². The lowest BCUT2D eigenvalue weighted by Crippen LogP contribution is -2.43. The maximum atomic E-state index is 13.0. The van der Waals surface area contributed by atoms with Gasteiger partial charge in [0.15, 0.2) is 0 Å². The van der Waals surface area contributed by atoms with Crippen LogP contribution in [0, 0.1) is 5.82 Å². The molecule has 3 rings (SSSR count). The van der Waals surface area contributed by atoms with Crippen LogP contribution in [0.25, 0.3) is 0 Å². The van der Waals surface area contributed by atoms with E-state index in [1.165, 1.54) is 23.3 Å². The van der Waals surface area contributed by atoms with Crippen molar-refractivity contribution in [1.29, 1.82) is 0 Å². The molecular formula is C19H21FN2O. The molecule has 4 heteroatoms. The molecule has 1 aliphatic rings. The summed E-state index contributed by atoms with van der Waals surface area (Å²) >= 11 is 0. The molecule has 0 aliphatic heterocycles. The molecule has 1 amide bonds. The molecule has 0 radical (unpaired) electrons. The van der Waals surface area contributed by atoms with Crippen LogP contribution in [0.3, 0.4) is 0 Å². The van der Waals surface area contributed by atoms with Crippen LogP contribution in [0.1, 0.15) is 35.6 Å². The van der Waals surface area contributed by atoms with Crippen LogP contribution in [0.2, 0.25) is 0 Å². The summed E-state index contributed by atoms with van der Waals surface area (Å²) in [4.78, 5) is 12.6. The Morgan fingerprint density at radius 1 is 1.17 bits per heavy atom. The zero-order valence-electron chi connectivity index (χ0n) is 13.3. The van der Waals surface area contributed by atoms with Gasteiger partial charge in [0.25, 0.3) is 0 Å². The third-order valence-electron chi connectivity index (χ3n) is 4.63. The molecule has 3 atom stereocenters. The number of likely N-dealkylation sites (N-methyl/N-ethyl adjacent to an activating group) is 1. The standard InChI is InChI=1S/C19H21FN2O/c1-12(13-7-9-15(20)10-8-13)19(23)22-17-11-14-5-3-4-6-16(14)18(17)21-2/h3-10,12,17-18,21H,11H2,1-2H3,(H,22,23)/t12-,17-,18-/m1/s1. The first-order chi connectivity index (χ1) is 11.1. The largest absolute Gasteiger partial charge is 0.351 e. The first-order valence-corrected chi connectivity index (χ1v) is 7.91. The minimum Gasteiger partial charge on any atom is -0.351 e. The first-order valence-electron chi connectivity index (χ1n) is 7.91. The smallest absolute Gasteiger partial charge is 0.227 e. The SMILES string of the molecule is CN[C@@H]1c2ccccc2C[C@H]1NC(=O)[C@H](C)c1ccc(F)cc1. The highest BCUT2D eigenvalue weighted by Gasteiger charge is 2.33. The number of nitrogens with one attached hydrogen (secondary N) is 2. The summed E-state index contributed by atoms with van der Waals surface area (Å²) in [5.41, 5.74) is 3.33. The van der Waals surface area contributed by atoms with Gasteiger partial charge in [0.05, 0.1) is 18.0 Å². The van der Waals surface area contributed by atoms with Crippen LogP contribution in [0.5, 0.6) is 0 Å². The molecule has 23 heavy (non-hydrogen) atoms. The monoisotopic (exact) mass is 312 g/mol. The van der Waals surface area contributed by atoms with Crippen molar-refractivity contribution >= 4 is 5.91 Å². The lowest BCUT2D eigenvalue weighted by Gasteiger charge is -2.23. The minimum absolute atomic E-state index is 0.0327. The number of carbonyl (C=O) groups excluding carboxylic acids is 1. The number of carbonyl (C=O) groups is 1. The predicted octanol–water partition coefficient (Wildman–Crippen LogP) is 2.93. The summed E-state index contributed by atoms with van der Waals surface area (Å²) < 4.78 is 13.0. The van der Waals surface area contributed by atoms with Crippen molar-refractivity contribution in [3.63, 3.8) is 0 Å². The van der Waals surface area contributed by atoms with E-state index in [2.05, 4.69) is 22.8 Å².